The zero-order valence-electron chi connectivity index (χ0n) is 19.1. The van der Waals surface area contributed by atoms with Crippen molar-refractivity contribution in [2.24, 2.45) is 0 Å². The third-order valence-electron chi connectivity index (χ3n) is 5.41. The monoisotopic (exact) mass is 410 g/mol. The molecule has 0 unspecified atom stereocenters. The molecule has 158 valence electrons. The standard InChI is InChI=1S/C28H30N2O/c1-20(2)31-27-13-9-7-11-25(27)18-24-10-6-8-12-26(24)29-14-15-30(19-29)28-22(4)16-21(3)17-23(28)5/h6-13,16-17,20H,14-15H2,1-5H3. The van der Waals surface area contributed by atoms with Crippen LogP contribution in [0, 0.1) is 33.9 Å². The molecule has 4 radical (unpaired) electrons. The van der Waals surface area contributed by atoms with E-state index in [0.29, 0.717) is 0 Å². The lowest BCUT2D eigenvalue weighted by Crippen LogP contribution is -2.20. The highest BCUT2D eigenvalue weighted by Crippen LogP contribution is 2.35. The summed E-state index contributed by atoms with van der Waals surface area (Å²) in [6, 6.07) is 20.9. The van der Waals surface area contributed by atoms with E-state index in [0.717, 1.165) is 35.7 Å². The summed E-state index contributed by atoms with van der Waals surface area (Å²) in [6.45, 7) is 16.0. The molecule has 0 N–H and O–H groups in total. The quantitative estimate of drug-likeness (QED) is 0.481. The minimum Gasteiger partial charge on any atom is -0.491 e. The first kappa shape index (κ1) is 21.3. The van der Waals surface area contributed by atoms with E-state index in [1.807, 2.05) is 32.0 Å². The molecule has 3 aromatic carbocycles. The van der Waals surface area contributed by atoms with Crippen LogP contribution in [0.5, 0.6) is 5.75 Å². The summed E-state index contributed by atoms with van der Waals surface area (Å²) in [5.41, 5.74) is 8.24. The van der Waals surface area contributed by atoms with Crippen molar-refractivity contribution >= 4 is 11.4 Å². The third kappa shape index (κ3) is 4.71. The van der Waals surface area contributed by atoms with Crippen LogP contribution in [0.2, 0.25) is 0 Å². The van der Waals surface area contributed by atoms with Crippen molar-refractivity contribution in [3.8, 4) is 5.75 Å². The van der Waals surface area contributed by atoms with Crippen LogP contribution in [0.3, 0.4) is 0 Å². The van der Waals surface area contributed by atoms with Gasteiger partial charge in [-0.2, -0.15) is 0 Å². The van der Waals surface area contributed by atoms with Gasteiger partial charge in [0.1, 0.15) is 5.75 Å². The van der Waals surface area contributed by atoms with E-state index in [1.165, 1.54) is 22.4 Å². The normalized spacial score (nSPS) is 13.9. The molecule has 1 heterocycles. The fraction of sp³-hybridized carbons (Fsp3) is 0.286. The average molecular weight is 411 g/mol. The lowest BCUT2D eigenvalue weighted by atomic mass is 10.0. The number of hydrogen-bond donors (Lipinski definition) is 0. The topological polar surface area (TPSA) is 15.7 Å². The van der Waals surface area contributed by atoms with E-state index >= 15 is 0 Å². The van der Waals surface area contributed by atoms with Crippen molar-refractivity contribution in [2.45, 2.75) is 40.7 Å². The molecule has 3 heteroatoms. The summed E-state index contributed by atoms with van der Waals surface area (Å²) in [5.74, 6) is 0.856. The second-order valence-corrected chi connectivity index (χ2v) is 8.46. The Morgan fingerprint density at radius 3 is 2.16 bits per heavy atom. The molecule has 0 amide bonds. The van der Waals surface area contributed by atoms with Crippen LogP contribution in [0.25, 0.3) is 0 Å². The molecule has 31 heavy (non-hydrogen) atoms. The molecule has 0 saturated carbocycles. The Hall–Kier alpha value is -2.94. The highest BCUT2D eigenvalue weighted by atomic mass is 16.5. The van der Waals surface area contributed by atoms with Crippen LogP contribution >= 0.6 is 0 Å². The third-order valence-corrected chi connectivity index (χ3v) is 5.41. The molecule has 0 bridgehead atoms. The van der Waals surface area contributed by atoms with Gasteiger partial charge in [0.05, 0.1) is 12.5 Å². The Morgan fingerprint density at radius 1 is 0.839 bits per heavy atom. The number of nitrogens with zero attached hydrogens (tertiary/aromatic N) is 2. The van der Waals surface area contributed by atoms with Crippen LogP contribution in [-0.2, 0) is 0 Å². The molecular formula is C28H30N2O. The van der Waals surface area contributed by atoms with Gasteiger partial charge in [0, 0.05) is 30.0 Å². The lowest BCUT2D eigenvalue weighted by Gasteiger charge is -2.24. The number of para-hydroxylation sites is 2. The van der Waals surface area contributed by atoms with Gasteiger partial charge < -0.3 is 14.5 Å². The fourth-order valence-electron chi connectivity index (χ4n) is 4.27. The predicted molar refractivity (Wildman–Crippen MR) is 129 cm³/mol. The average Bonchev–Trinajstić information content (AvgIpc) is 3.18. The van der Waals surface area contributed by atoms with Gasteiger partial charge in [0.25, 0.3) is 0 Å². The molecule has 0 spiro atoms. The zero-order chi connectivity index (χ0) is 22.0. The van der Waals surface area contributed by atoms with Gasteiger partial charge in [0.15, 0.2) is 0 Å². The number of anilines is 2. The summed E-state index contributed by atoms with van der Waals surface area (Å²) in [6.07, 6.45) is 3.70. The summed E-state index contributed by atoms with van der Waals surface area (Å²) in [4.78, 5) is 4.45. The summed E-state index contributed by atoms with van der Waals surface area (Å²) in [5, 5.41) is 0. The first-order chi connectivity index (χ1) is 14.9. The highest BCUT2D eigenvalue weighted by Gasteiger charge is 2.26. The minimum absolute atomic E-state index is 0.119. The second-order valence-electron chi connectivity index (χ2n) is 8.46. The first-order valence-electron chi connectivity index (χ1n) is 10.9. The second kappa shape index (κ2) is 9.05. The van der Waals surface area contributed by atoms with Gasteiger partial charge in [-0.25, -0.2) is 0 Å². The van der Waals surface area contributed by atoms with Crippen molar-refractivity contribution in [2.75, 3.05) is 22.9 Å². The molecule has 3 nitrogen and oxygen atoms in total. The Labute approximate surface area is 187 Å². The zero-order valence-corrected chi connectivity index (χ0v) is 19.1. The van der Waals surface area contributed by atoms with Gasteiger partial charge in [-0.15, -0.1) is 0 Å². The molecule has 4 rings (SSSR count). The maximum Gasteiger partial charge on any atom is 0.208 e. The fourth-order valence-corrected chi connectivity index (χ4v) is 4.27. The molecule has 3 aromatic rings. The highest BCUT2D eigenvalue weighted by molar-refractivity contribution is 5.68. The van der Waals surface area contributed by atoms with Gasteiger partial charge in [-0.3, -0.25) is 0 Å². The van der Waals surface area contributed by atoms with Crippen LogP contribution < -0.4 is 14.5 Å². The van der Waals surface area contributed by atoms with Crippen LogP contribution in [0.4, 0.5) is 11.4 Å². The molecule has 0 aliphatic carbocycles. The maximum absolute atomic E-state index is 5.99. The largest absolute Gasteiger partial charge is 0.491 e. The van der Waals surface area contributed by atoms with Crippen molar-refractivity contribution in [1.82, 2.24) is 0 Å². The molecule has 0 atom stereocenters. The van der Waals surface area contributed by atoms with E-state index in [9.17, 15) is 0 Å². The number of benzene rings is 3. The van der Waals surface area contributed by atoms with Crippen molar-refractivity contribution < 1.29 is 4.74 Å². The number of ether oxygens (including phenoxy) is 1. The van der Waals surface area contributed by atoms with E-state index < -0.39 is 0 Å². The molecule has 0 aromatic heterocycles. The molecule has 1 aliphatic heterocycles. The Morgan fingerprint density at radius 2 is 1.45 bits per heavy atom. The van der Waals surface area contributed by atoms with Crippen molar-refractivity contribution in [3.63, 3.8) is 0 Å². The van der Waals surface area contributed by atoms with Gasteiger partial charge >= 0.3 is 0 Å². The van der Waals surface area contributed by atoms with Gasteiger partial charge in [0.2, 0.25) is 6.67 Å². The molecule has 1 fully saturated rings. The Kier molecular flexibility index (Phi) is 6.22. The first-order valence-corrected chi connectivity index (χ1v) is 10.9. The van der Waals surface area contributed by atoms with Gasteiger partial charge in [-0.1, -0.05) is 54.1 Å². The van der Waals surface area contributed by atoms with E-state index in [-0.39, 0.29) is 6.10 Å². The molecular weight excluding hydrogens is 380 g/mol. The van der Waals surface area contributed by atoms with Crippen molar-refractivity contribution in [1.29, 1.82) is 0 Å². The number of aryl methyl sites for hydroxylation is 3. The number of hydrogen-bond acceptors (Lipinski definition) is 3. The summed E-state index contributed by atoms with van der Waals surface area (Å²) in [7, 11) is 0. The van der Waals surface area contributed by atoms with Crippen LogP contribution in [0.15, 0.2) is 60.7 Å². The van der Waals surface area contributed by atoms with E-state index in [2.05, 4.69) is 86.1 Å². The SMILES string of the molecule is Cc1cc(C)c(N2[C]N(c3ccccc3[C]c3ccccc3OC(C)C)CC2)c(C)c1. The molecule has 1 saturated heterocycles. The summed E-state index contributed by atoms with van der Waals surface area (Å²) < 4.78 is 5.99. The van der Waals surface area contributed by atoms with Crippen LogP contribution in [-0.4, -0.2) is 19.2 Å². The number of rotatable bonds is 6. The van der Waals surface area contributed by atoms with E-state index in [1.54, 1.807) is 0 Å². The minimum atomic E-state index is 0.119. The predicted octanol–water partition coefficient (Wildman–Crippen LogP) is 6.20. The maximum atomic E-state index is 5.99. The van der Waals surface area contributed by atoms with Crippen LogP contribution in [0.1, 0.15) is 41.7 Å². The van der Waals surface area contributed by atoms with E-state index in [4.69, 9.17) is 4.74 Å². The Bertz CT molecular complexity index is 1030. The molecule has 1 aliphatic rings. The lowest BCUT2D eigenvalue weighted by molar-refractivity contribution is 0.241. The smallest absolute Gasteiger partial charge is 0.208 e. The summed E-state index contributed by atoms with van der Waals surface area (Å²) >= 11 is 0. The van der Waals surface area contributed by atoms with Crippen molar-refractivity contribution in [3.05, 3.63) is 102 Å². The Balaban J connectivity index is 1.58. The van der Waals surface area contributed by atoms with Gasteiger partial charge in [-0.05, 0) is 63.4 Å².